The molecule has 1 amide bonds. The summed E-state index contributed by atoms with van der Waals surface area (Å²) in [7, 11) is -3.44. The zero-order valence-corrected chi connectivity index (χ0v) is 13.2. The SMILES string of the molecule is C=CCSCC(=O)Nc1ccc(S(=O)(=O)NC2CC2)cc1. The van der Waals surface area contributed by atoms with E-state index < -0.39 is 10.0 Å². The smallest absolute Gasteiger partial charge is 0.240 e. The molecule has 1 fully saturated rings. The van der Waals surface area contributed by atoms with Crippen molar-refractivity contribution in [1.82, 2.24) is 4.72 Å². The Morgan fingerprint density at radius 1 is 1.33 bits per heavy atom. The van der Waals surface area contributed by atoms with Gasteiger partial charge in [0.1, 0.15) is 0 Å². The predicted octanol–water partition coefficient (Wildman–Crippen LogP) is 1.98. The lowest BCUT2D eigenvalue weighted by Gasteiger charge is -2.08. The van der Waals surface area contributed by atoms with Crippen molar-refractivity contribution in [1.29, 1.82) is 0 Å². The number of thioether (sulfide) groups is 1. The van der Waals surface area contributed by atoms with Crippen molar-refractivity contribution in [2.24, 2.45) is 0 Å². The number of carbonyl (C=O) groups is 1. The Bertz CT molecular complexity index is 608. The first kappa shape index (κ1) is 16.1. The third kappa shape index (κ3) is 5.18. The molecular weight excluding hydrogens is 308 g/mol. The van der Waals surface area contributed by atoms with E-state index in [0.717, 1.165) is 18.6 Å². The van der Waals surface area contributed by atoms with Gasteiger partial charge in [-0.1, -0.05) is 6.08 Å². The molecule has 1 saturated carbocycles. The van der Waals surface area contributed by atoms with E-state index in [1.54, 1.807) is 18.2 Å². The maximum Gasteiger partial charge on any atom is 0.240 e. The second kappa shape index (κ2) is 7.11. The summed E-state index contributed by atoms with van der Waals surface area (Å²) in [5, 5.41) is 2.72. The summed E-state index contributed by atoms with van der Waals surface area (Å²) in [4.78, 5) is 11.8. The predicted molar refractivity (Wildman–Crippen MR) is 85.9 cm³/mol. The molecule has 0 aliphatic heterocycles. The van der Waals surface area contributed by atoms with Crippen LogP contribution in [0.2, 0.25) is 0 Å². The summed E-state index contributed by atoms with van der Waals surface area (Å²) in [5.74, 6) is 0.945. The lowest BCUT2D eigenvalue weighted by molar-refractivity contribution is -0.113. The van der Waals surface area contributed by atoms with Crippen LogP contribution in [0.4, 0.5) is 5.69 Å². The topological polar surface area (TPSA) is 75.3 Å². The van der Waals surface area contributed by atoms with Gasteiger partial charge in [-0.2, -0.15) is 0 Å². The molecule has 0 radical (unpaired) electrons. The van der Waals surface area contributed by atoms with E-state index >= 15 is 0 Å². The molecule has 0 aromatic heterocycles. The maximum atomic E-state index is 12.0. The molecule has 1 aliphatic carbocycles. The van der Waals surface area contributed by atoms with Crippen LogP contribution in [-0.4, -0.2) is 31.9 Å². The molecule has 5 nitrogen and oxygen atoms in total. The lowest BCUT2D eigenvalue weighted by Crippen LogP contribution is -2.25. The van der Waals surface area contributed by atoms with Gasteiger partial charge in [-0.3, -0.25) is 4.79 Å². The number of rotatable bonds is 8. The lowest BCUT2D eigenvalue weighted by atomic mass is 10.3. The van der Waals surface area contributed by atoms with Crippen LogP contribution in [0.3, 0.4) is 0 Å². The molecular formula is C14H18N2O3S2. The van der Waals surface area contributed by atoms with Crippen LogP contribution >= 0.6 is 11.8 Å². The number of amides is 1. The van der Waals surface area contributed by atoms with Gasteiger partial charge in [0.2, 0.25) is 15.9 Å². The third-order valence-corrected chi connectivity index (χ3v) is 5.29. The van der Waals surface area contributed by atoms with E-state index in [2.05, 4.69) is 16.6 Å². The van der Waals surface area contributed by atoms with Gasteiger partial charge in [0.15, 0.2) is 0 Å². The van der Waals surface area contributed by atoms with E-state index in [1.165, 1.54) is 23.9 Å². The Labute approximate surface area is 129 Å². The van der Waals surface area contributed by atoms with Crippen LogP contribution in [0.5, 0.6) is 0 Å². The molecule has 114 valence electrons. The van der Waals surface area contributed by atoms with Crippen molar-refractivity contribution >= 4 is 33.4 Å². The number of sulfonamides is 1. The first-order valence-electron chi connectivity index (χ1n) is 6.62. The highest BCUT2D eigenvalue weighted by Crippen LogP contribution is 2.22. The molecule has 0 spiro atoms. The van der Waals surface area contributed by atoms with Crippen molar-refractivity contribution in [3.05, 3.63) is 36.9 Å². The van der Waals surface area contributed by atoms with Crippen LogP contribution in [0.15, 0.2) is 41.8 Å². The minimum atomic E-state index is -3.44. The van der Waals surface area contributed by atoms with Gasteiger partial charge in [-0.05, 0) is 37.1 Å². The molecule has 0 heterocycles. The van der Waals surface area contributed by atoms with Crippen LogP contribution in [0.1, 0.15) is 12.8 Å². The zero-order chi connectivity index (χ0) is 15.3. The Balaban J connectivity index is 1.92. The van der Waals surface area contributed by atoms with Gasteiger partial charge in [-0.15, -0.1) is 18.3 Å². The first-order chi connectivity index (χ1) is 10.0. The Hall–Kier alpha value is -1.31. The number of benzene rings is 1. The summed E-state index contributed by atoms with van der Waals surface area (Å²) < 4.78 is 26.6. The van der Waals surface area contributed by atoms with Crippen LogP contribution < -0.4 is 10.0 Å². The standard InChI is InChI=1S/C14H18N2O3S2/c1-2-9-20-10-14(17)15-11-5-7-13(8-6-11)21(18,19)16-12-3-4-12/h2,5-8,12,16H,1,3-4,9-10H2,(H,15,17). The van der Waals surface area contributed by atoms with Crippen molar-refractivity contribution in [3.8, 4) is 0 Å². The first-order valence-corrected chi connectivity index (χ1v) is 9.26. The Kier molecular flexibility index (Phi) is 5.44. The number of carbonyl (C=O) groups excluding carboxylic acids is 1. The second-order valence-corrected chi connectivity index (χ2v) is 7.52. The molecule has 2 rings (SSSR count). The molecule has 0 saturated heterocycles. The minimum Gasteiger partial charge on any atom is -0.325 e. The molecule has 1 aromatic rings. The number of anilines is 1. The molecule has 1 aliphatic rings. The fraction of sp³-hybridized carbons (Fsp3) is 0.357. The Morgan fingerprint density at radius 2 is 2.00 bits per heavy atom. The third-order valence-electron chi connectivity index (χ3n) is 2.82. The fourth-order valence-electron chi connectivity index (χ4n) is 1.64. The van der Waals surface area contributed by atoms with Crippen LogP contribution in [0.25, 0.3) is 0 Å². The summed E-state index contributed by atoms with van der Waals surface area (Å²) in [6.45, 7) is 3.58. The molecule has 7 heteroatoms. The van der Waals surface area contributed by atoms with Gasteiger partial charge in [-0.25, -0.2) is 13.1 Å². The van der Waals surface area contributed by atoms with Crippen molar-refractivity contribution < 1.29 is 13.2 Å². The highest BCUT2D eigenvalue weighted by atomic mass is 32.2. The summed E-state index contributed by atoms with van der Waals surface area (Å²) in [6, 6.07) is 6.26. The van der Waals surface area contributed by atoms with E-state index in [0.29, 0.717) is 11.4 Å². The van der Waals surface area contributed by atoms with Gasteiger partial charge >= 0.3 is 0 Å². The normalized spacial score (nSPS) is 14.7. The van der Waals surface area contributed by atoms with E-state index in [1.807, 2.05) is 0 Å². The molecule has 0 unspecified atom stereocenters. The summed E-state index contributed by atoms with van der Waals surface area (Å²) >= 11 is 1.47. The molecule has 2 N–H and O–H groups in total. The summed E-state index contributed by atoms with van der Waals surface area (Å²) in [6.07, 6.45) is 3.54. The average molecular weight is 326 g/mol. The minimum absolute atomic E-state index is 0.0799. The monoisotopic (exact) mass is 326 g/mol. The van der Waals surface area contributed by atoms with E-state index in [4.69, 9.17) is 0 Å². The average Bonchev–Trinajstić information content (AvgIpc) is 3.23. The van der Waals surface area contributed by atoms with Gasteiger partial charge in [0, 0.05) is 17.5 Å². The maximum absolute atomic E-state index is 12.0. The molecule has 1 aromatic carbocycles. The molecule has 0 bridgehead atoms. The van der Waals surface area contributed by atoms with E-state index in [-0.39, 0.29) is 16.8 Å². The zero-order valence-electron chi connectivity index (χ0n) is 11.5. The van der Waals surface area contributed by atoms with Crippen molar-refractivity contribution in [2.75, 3.05) is 16.8 Å². The Morgan fingerprint density at radius 3 is 2.57 bits per heavy atom. The number of hydrogen-bond acceptors (Lipinski definition) is 4. The number of nitrogens with one attached hydrogen (secondary N) is 2. The second-order valence-electron chi connectivity index (χ2n) is 4.77. The van der Waals surface area contributed by atoms with Crippen LogP contribution in [0, 0.1) is 0 Å². The summed E-state index contributed by atoms with van der Waals surface area (Å²) in [5.41, 5.74) is 0.588. The van der Waals surface area contributed by atoms with Gasteiger partial charge < -0.3 is 5.32 Å². The quantitative estimate of drug-likeness (QED) is 0.566. The highest BCUT2D eigenvalue weighted by molar-refractivity contribution is 8.00. The van der Waals surface area contributed by atoms with Gasteiger partial charge in [0.25, 0.3) is 0 Å². The van der Waals surface area contributed by atoms with Crippen LogP contribution in [-0.2, 0) is 14.8 Å². The molecule has 21 heavy (non-hydrogen) atoms. The van der Waals surface area contributed by atoms with Gasteiger partial charge in [0.05, 0.1) is 10.6 Å². The van der Waals surface area contributed by atoms with E-state index in [9.17, 15) is 13.2 Å². The van der Waals surface area contributed by atoms with Crippen molar-refractivity contribution in [2.45, 2.75) is 23.8 Å². The molecule has 0 atom stereocenters. The van der Waals surface area contributed by atoms with Crippen molar-refractivity contribution in [3.63, 3.8) is 0 Å². The largest absolute Gasteiger partial charge is 0.325 e. The highest BCUT2D eigenvalue weighted by Gasteiger charge is 2.27. The number of hydrogen-bond donors (Lipinski definition) is 2. The fourth-order valence-corrected chi connectivity index (χ4v) is 3.49.